The van der Waals surface area contributed by atoms with Crippen LogP contribution < -0.4 is 5.32 Å². The lowest BCUT2D eigenvalue weighted by Crippen LogP contribution is -2.55. The first kappa shape index (κ1) is 10.9. The van der Waals surface area contributed by atoms with E-state index in [1.165, 1.54) is 6.26 Å². The predicted molar refractivity (Wildman–Crippen MR) is 51.4 cm³/mol. The highest BCUT2D eigenvalue weighted by Gasteiger charge is 2.46. The van der Waals surface area contributed by atoms with Crippen molar-refractivity contribution in [2.75, 3.05) is 19.9 Å². The van der Waals surface area contributed by atoms with Crippen molar-refractivity contribution >= 4 is 9.84 Å². The van der Waals surface area contributed by atoms with E-state index in [1.54, 1.807) is 7.05 Å². The van der Waals surface area contributed by atoms with Crippen LogP contribution in [0.5, 0.6) is 0 Å². The van der Waals surface area contributed by atoms with Crippen molar-refractivity contribution in [1.82, 2.24) is 5.32 Å². The molecular formula is C8H17NO3S. The van der Waals surface area contributed by atoms with Crippen LogP contribution in [-0.2, 0) is 9.84 Å². The highest BCUT2D eigenvalue weighted by Crippen LogP contribution is 2.34. The molecule has 2 unspecified atom stereocenters. The predicted octanol–water partition coefficient (Wildman–Crippen LogP) is -0.466. The van der Waals surface area contributed by atoms with Crippen molar-refractivity contribution in [2.24, 2.45) is 0 Å². The smallest absolute Gasteiger partial charge is 0.152 e. The maximum absolute atomic E-state index is 11.4. The summed E-state index contributed by atoms with van der Waals surface area (Å²) < 4.78 is 22.8. The topological polar surface area (TPSA) is 66.4 Å². The van der Waals surface area contributed by atoms with Crippen LogP contribution >= 0.6 is 0 Å². The number of aliphatic hydroxyl groups is 1. The fourth-order valence-electron chi connectivity index (χ4n) is 2.21. The number of hydrogen-bond acceptors (Lipinski definition) is 4. The van der Waals surface area contributed by atoms with Gasteiger partial charge in [0.2, 0.25) is 0 Å². The van der Waals surface area contributed by atoms with Gasteiger partial charge in [0.25, 0.3) is 0 Å². The molecule has 1 aliphatic rings. The molecule has 1 fully saturated rings. The van der Waals surface area contributed by atoms with E-state index in [2.05, 4.69) is 5.32 Å². The Bertz CT molecular complexity index is 269. The molecule has 0 aromatic heterocycles. The van der Waals surface area contributed by atoms with Gasteiger partial charge in [-0.2, -0.15) is 0 Å². The third-order valence-corrected chi connectivity index (χ3v) is 4.72. The maximum Gasteiger partial charge on any atom is 0.152 e. The van der Waals surface area contributed by atoms with E-state index in [0.717, 1.165) is 12.8 Å². The van der Waals surface area contributed by atoms with Crippen molar-refractivity contribution < 1.29 is 13.5 Å². The molecule has 2 atom stereocenters. The number of likely N-dealkylation sites (N-methyl/N-ethyl adjacent to an activating group) is 1. The Morgan fingerprint density at radius 3 is 2.54 bits per heavy atom. The van der Waals surface area contributed by atoms with Crippen LogP contribution in [0.2, 0.25) is 0 Å². The summed E-state index contributed by atoms with van der Waals surface area (Å²) in [7, 11) is -1.35. The van der Waals surface area contributed by atoms with E-state index in [9.17, 15) is 13.5 Å². The third-order valence-electron chi connectivity index (χ3n) is 3.00. The minimum atomic E-state index is -3.06. The molecule has 0 amide bonds. The molecule has 5 heteroatoms. The molecule has 1 rings (SSSR count). The van der Waals surface area contributed by atoms with Gasteiger partial charge in [-0.25, -0.2) is 8.42 Å². The number of aliphatic hydroxyl groups excluding tert-OH is 1. The zero-order valence-electron chi connectivity index (χ0n) is 8.08. The van der Waals surface area contributed by atoms with Crippen molar-refractivity contribution in [1.29, 1.82) is 0 Å². The Hall–Kier alpha value is -0.130. The molecular weight excluding hydrogens is 190 g/mol. The first-order valence-corrected chi connectivity index (χ1v) is 6.40. The summed E-state index contributed by atoms with van der Waals surface area (Å²) in [6.45, 7) is -0.110. The Balaban J connectivity index is 2.98. The second-order valence-electron chi connectivity index (χ2n) is 3.77. The second kappa shape index (κ2) is 3.55. The molecule has 1 aliphatic carbocycles. The van der Waals surface area contributed by atoms with Gasteiger partial charge in [-0.05, 0) is 19.9 Å². The zero-order chi connectivity index (χ0) is 10.1. The van der Waals surface area contributed by atoms with Crippen LogP contribution in [0.4, 0.5) is 0 Å². The molecule has 13 heavy (non-hydrogen) atoms. The minimum absolute atomic E-state index is 0.110. The van der Waals surface area contributed by atoms with Gasteiger partial charge < -0.3 is 10.4 Å². The normalized spacial score (nSPS) is 35.2. The Kier molecular flexibility index (Phi) is 2.99. The quantitative estimate of drug-likeness (QED) is 0.657. The van der Waals surface area contributed by atoms with Gasteiger partial charge >= 0.3 is 0 Å². The van der Waals surface area contributed by atoms with Crippen molar-refractivity contribution in [3.8, 4) is 0 Å². The van der Waals surface area contributed by atoms with E-state index in [4.69, 9.17) is 0 Å². The molecule has 0 bridgehead atoms. The minimum Gasteiger partial charge on any atom is -0.394 e. The molecule has 4 nitrogen and oxygen atoms in total. The van der Waals surface area contributed by atoms with E-state index in [-0.39, 0.29) is 6.61 Å². The summed E-state index contributed by atoms with van der Waals surface area (Å²) in [5.74, 6) is 0. The number of hydrogen-bond donors (Lipinski definition) is 2. The zero-order valence-corrected chi connectivity index (χ0v) is 8.89. The van der Waals surface area contributed by atoms with Gasteiger partial charge in [-0.15, -0.1) is 0 Å². The third kappa shape index (κ3) is 1.87. The Morgan fingerprint density at radius 2 is 2.23 bits per heavy atom. The average Bonchev–Trinajstić information content (AvgIpc) is 2.47. The monoisotopic (exact) mass is 207 g/mol. The first-order chi connectivity index (χ1) is 5.96. The molecule has 0 aromatic rings. The summed E-state index contributed by atoms with van der Waals surface area (Å²) in [5, 5.41) is 11.7. The van der Waals surface area contributed by atoms with Crippen molar-refractivity contribution in [3.05, 3.63) is 0 Å². The van der Waals surface area contributed by atoms with Crippen molar-refractivity contribution in [3.63, 3.8) is 0 Å². The van der Waals surface area contributed by atoms with Crippen LogP contribution in [0.15, 0.2) is 0 Å². The SMILES string of the molecule is CNC1(CO)CCCC1S(C)(=O)=O. The average molecular weight is 207 g/mol. The fourth-order valence-corrected chi connectivity index (χ4v) is 3.93. The standard InChI is InChI=1S/C8H17NO3S/c1-9-8(6-10)5-3-4-7(8)13(2,11)12/h7,9-10H,3-6H2,1-2H3. The molecule has 0 spiro atoms. The summed E-state index contributed by atoms with van der Waals surface area (Å²) >= 11 is 0. The molecule has 0 aromatic carbocycles. The molecule has 0 aliphatic heterocycles. The van der Waals surface area contributed by atoms with Crippen LogP contribution in [0, 0.1) is 0 Å². The van der Waals surface area contributed by atoms with Gasteiger partial charge in [0, 0.05) is 6.26 Å². The molecule has 78 valence electrons. The molecule has 2 N–H and O–H groups in total. The Labute approximate surface area is 79.3 Å². The van der Waals surface area contributed by atoms with Crippen LogP contribution in [-0.4, -0.2) is 44.2 Å². The van der Waals surface area contributed by atoms with E-state index < -0.39 is 20.6 Å². The van der Waals surface area contributed by atoms with Gasteiger partial charge in [0.1, 0.15) is 0 Å². The lowest BCUT2D eigenvalue weighted by molar-refractivity contribution is 0.174. The van der Waals surface area contributed by atoms with Crippen LogP contribution in [0.1, 0.15) is 19.3 Å². The van der Waals surface area contributed by atoms with E-state index in [0.29, 0.717) is 6.42 Å². The van der Waals surface area contributed by atoms with E-state index in [1.807, 2.05) is 0 Å². The van der Waals surface area contributed by atoms with Gasteiger partial charge in [0.05, 0.1) is 17.4 Å². The maximum atomic E-state index is 11.4. The lowest BCUT2D eigenvalue weighted by atomic mass is 9.99. The Morgan fingerprint density at radius 1 is 1.62 bits per heavy atom. The van der Waals surface area contributed by atoms with Gasteiger partial charge in [-0.3, -0.25) is 0 Å². The summed E-state index contributed by atoms with van der Waals surface area (Å²) in [6, 6.07) is 0. The van der Waals surface area contributed by atoms with Crippen LogP contribution in [0.3, 0.4) is 0 Å². The number of sulfone groups is 1. The number of rotatable bonds is 3. The van der Waals surface area contributed by atoms with Gasteiger partial charge in [-0.1, -0.05) is 6.42 Å². The molecule has 0 radical (unpaired) electrons. The summed E-state index contributed by atoms with van der Waals surface area (Å²) in [5.41, 5.74) is -0.604. The highest BCUT2D eigenvalue weighted by atomic mass is 32.2. The van der Waals surface area contributed by atoms with Gasteiger partial charge in [0.15, 0.2) is 9.84 Å². The lowest BCUT2D eigenvalue weighted by Gasteiger charge is -2.32. The molecule has 0 saturated heterocycles. The highest BCUT2D eigenvalue weighted by molar-refractivity contribution is 7.91. The molecule has 1 saturated carbocycles. The van der Waals surface area contributed by atoms with Crippen LogP contribution in [0.25, 0.3) is 0 Å². The van der Waals surface area contributed by atoms with E-state index >= 15 is 0 Å². The molecule has 0 heterocycles. The largest absolute Gasteiger partial charge is 0.394 e. The fraction of sp³-hybridized carbons (Fsp3) is 1.00. The summed E-state index contributed by atoms with van der Waals surface area (Å²) in [6.07, 6.45) is 3.49. The summed E-state index contributed by atoms with van der Waals surface area (Å²) in [4.78, 5) is 0. The first-order valence-electron chi connectivity index (χ1n) is 4.45. The second-order valence-corrected chi connectivity index (χ2v) is 6.00. The van der Waals surface area contributed by atoms with Crippen molar-refractivity contribution in [2.45, 2.75) is 30.1 Å². The number of nitrogens with one attached hydrogen (secondary N) is 1.